The largest absolute Gasteiger partial charge is 0.426 e. The van der Waals surface area contributed by atoms with E-state index < -0.39 is 0 Å². The SMILES string of the molecule is CCCC[C@H]1CC[C@H](c2ccc(OC(=O)C(C)CCCc3ccc(-c4ccccc4)cc3)cc2)CC1. The molecule has 0 radical (unpaired) electrons. The van der Waals surface area contributed by atoms with E-state index in [-0.39, 0.29) is 11.9 Å². The maximum atomic E-state index is 12.6. The van der Waals surface area contributed by atoms with E-state index in [2.05, 4.69) is 67.6 Å². The van der Waals surface area contributed by atoms with Crippen molar-refractivity contribution in [3.05, 3.63) is 90.0 Å². The van der Waals surface area contributed by atoms with Crippen molar-refractivity contribution in [1.82, 2.24) is 0 Å². The molecule has 0 aliphatic heterocycles. The molecule has 0 spiro atoms. The van der Waals surface area contributed by atoms with Gasteiger partial charge in [0, 0.05) is 0 Å². The highest BCUT2D eigenvalue weighted by Crippen LogP contribution is 2.38. The van der Waals surface area contributed by atoms with Gasteiger partial charge in [-0.05, 0) is 91.2 Å². The van der Waals surface area contributed by atoms with Crippen molar-refractivity contribution in [2.24, 2.45) is 11.8 Å². The molecule has 1 aliphatic rings. The van der Waals surface area contributed by atoms with E-state index in [1.165, 1.54) is 67.2 Å². The Morgan fingerprint density at radius 3 is 2.17 bits per heavy atom. The molecule has 1 saturated carbocycles. The topological polar surface area (TPSA) is 26.3 Å². The molecule has 36 heavy (non-hydrogen) atoms. The van der Waals surface area contributed by atoms with Crippen LogP contribution in [0.15, 0.2) is 78.9 Å². The van der Waals surface area contributed by atoms with Gasteiger partial charge in [-0.25, -0.2) is 0 Å². The van der Waals surface area contributed by atoms with Crippen molar-refractivity contribution in [3.63, 3.8) is 0 Å². The first-order chi connectivity index (χ1) is 17.6. The Morgan fingerprint density at radius 2 is 1.50 bits per heavy atom. The van der Waals surface area contributed by atoms with E-state index in [1.807, 2.05) is 25.1 Å². The second kappa shape index (κ2) is 13.4. The minimum absolute atomic E-state index is 0.105. The van der Waals surface area contributed by atoms with Crippen molar-refractivity contribution < 1.29 is 9.53 Å². The number of rotatable bonds is 11. The number of ether oxygens (including phenoxy) is 1. The van der Waals surface area contributed by atoms with Gasteiger partial charge < -0.3 is 4.74 Å². The van der Waals surface area contributed by atoms with Crippen LogP contribution in [0.5, 0.6) is 5.75 Å². The van der Waals surface area contributed by atoms with Crippen LogP contribution in [-0.2, 0) is 11.2 Å². The zero-order chi connectivity index (χ0) is 25.2. The Bertz CT molecular complexity index is 1040. The monoisotopic (exact) mass is 482 g/mol. The van der Waals surface area contributed by atoms with Crippen molar-refractivity contribution in [3.8, 4) is 16.9 Å². The number of carbonyl (C=O) groups excluding carboxylic acids is 1. The van der Waals surface area contributed by atoms with E-state index in [0.717, 1.165) is 25.2 Å². The highest BCUT2D eigenvalue weighted by molar-refractivity contribution is 5.74. The summed E-state index contributed by atoms with van der Waals surface area (Å²) in [5, 5.41) is 0. The summed E-state index contributed by atoms with van der Waals surface area (Å²) in [6.07, 6.45) is 12.2. The Kier molecular flexibility index (Phi) is 9.78. The lowest BCUT2D eigenvalue weighted by molar-refractivity contribution is -0.138. The van der Waals surface area contributed by atoms with E-state index in [1.54, 1.807) is 0 Å². The molecule has 1 aliphatic carbocycles. The molecule has 0 bridgehead atoms. The number of aryl methyl sites for hydroxylation is 1. The Morgan fingerprint density at radius 1 is 0.833 bits per heavy atom. The average Bonchev–Trinajstić information content (AvgIpc) is 2.93. The molecule has 4 rings (SSSR count). The molecule has 2 nitrogen and oxygen atoms in total. The summed E-state index contributed by atoms with van der Waals surface area (Å²) in [4.78, 5) is 12.6. The van der Waals surface area contributed by atoms with Crippen LogP contribution in [0.1, 0.15) is 88.7 Å². The molecule has 190 valence electrons. The van der Waals surface area contributed by atoms with Gasteiger partial charge >= 0.3 is 5.97 Å². The van der Waals surface area contributed by atoms with Crippen LogP contribution in [0, 0.1) is 11.8 Å². The zero-order valence-corrected chi connectivity index (χ0v) is 22.1. The number of unbranched alkanes of at least 4 members (excludes halogenated alkanes) is 1. The summed E-state index contributed by atoms with van der Waals surface area (Å²) in [5.74, 6) is 2.03. The minimum Gasteiger partial charge on any atom is -0.426 e. The molecule has 0 heterocycles. The van der Waals surface area contributed by atoms with Crippen LogP contribution < -0.4 is 4.74 Å². The number of esters is 1. The summed E-state index contributed by atoms with van der Waals surface area (Å²) < 4.78 is 5.71. The smallest absolute Gasteiger partial charge is 0.314 e. The Hall–Kier alpha value is -2.87. The average molecular weight is 483 g/mol. The fourth-order valence-corrected chi connectivity index (χ4v) is 5.53. The lowest BCUT2D eigenvalue weighted by Gasteiger charge is -2.28. The molecule has 3 aromatic rings. The number of benzene rings is 3. The quantitative estimate of drug-likeness (QED) is 0.201. The minimum atomic E-state index is -0.126. The first-order valence-electron chi connectivity index (χ1n) is 14.1. The zero-order valence-electron chi connectivity index (χ0n) is 22.1. The lowest BCUT2D eigenvalue weighted by Crippen LogP contribution is -2.18. The highest BCUT2D eigenvalue weighted by atomic mass is 16.5. The molecule has 1 fully saturated rings. The fraction of sp³-hybridized carbons (Fsp3) is 0.441. The summed E-state index contributed by atoms with van der Waals surface area (Å²) >= 11 is 0. The van der Waals surface area contributed by atoms with Gasteiger partial charge in [-0.3, -0.25) is 4.79 Å². The third kappa shape index (κ3) is 7.56. The molecule has 0 amide bonds. The first kappa shape index (κ1) is 26.2. The van der Waals surface area contributed by atoms with Gasteiger partial charge in [0.2, 0.25) is 0 Å². The standard InChI is InChI=1S/C34H42O2/c1-3-4-10-27-14-20-31(21-15-27)32-22-24-33(25-23-32)36-34(35)26(2)9-8-11-28-16-18-30(19-17-28)29-12-6-5-7-13-29/h5-7,12-13,16-19,22-27,31H,3-4,8-11,14-15,20-21H2,1-2H3/t26?,27-,31-. The Labute approximate surface area is 218 Å². The van der Waals surface area contributed by atoms with Crippen molar-refractivity contribution >= 4 is 5.97 Å². The normalized spacial score (nSPS) is 18.5. The molecule has 0 saturated heterocycles. The molecule has 0 aromatic heterocycles. The van der Waals surface area contributed by atoms with Crippen molar-refractivity contribution in [2.45, 2.75) is 84.0 Å². The molecular formula is C34H42O2. The maximum absolute atomic E-state index is 12.6. The molecule has 1 atom stereocenters. The third-order valence-electron chi connectivity index (χ3n) is 7.95. The Balaban J connectivity index is 1.18. The van der Waals surface area contributed by atoms with Gasteiger partial charge in [0.15, 0.2) is 0 Å². The molecule has 2 heteroatoms. The first-order valence-corrected chi connectivity index (χ1v) is 14.1. The predicted octanol–water partition coefficient (Wildman–Crippen LogP) is 9.38. The molecule has 0 N–H and O–H groups in total. The van der Waals surface area contributed by atoms with Crippen LogP contribution in [0.4, 0.5) is 0 Å². The second-order valence-electron chi connectivity index (χ2n) is 10.7. The summed E-state index contributed by atoms with van der Waals surface area (Å²) in [5.41, 5.74) is 5.19. The van der Waals surface area contributed by atoms with E-state index in [9.17, 15) is 4.79 Å². The van der Waals surface area contributed by atoms with Gasteiger partial charge in [0.05, 0.1) is 5.92 Å². The van der Waals surface area contributed by atoms with Crippen LogP contribution in [0.3, 0.4) is 0 Å². The molecular weight excluding hydrogens is 440 g/mol. The molecule has 3 aromatic carbocycles. The number of carbonyl (C=O) groups is 1. The highest BCUT2D eigenvalue weighted by Gasteiger charge is 2.22. The van der Waals surface area contributed by atoms with E-state index >= 15 is 0 Å². The number of hydrogen-bond acceptors (Lipinski definition) is 2. The van der Waals surface area contributed by atoms with Crippen LogP contribution in [0.25, 0.3) is 11.1 Å². The number of hydrogen-bond donors (Lipinski definition) is 0. The van der Waals surface area contributed by atoms with Gasteiger partial charge in [-0.1, -0.05) is 99.8 Å². The maximum Gasteiger partial charge on any atom is 0.314 e. The van der Waals surface area contributed by atoms with Crippen LogP contribution >= 0.6 is 0 Å². The van der Waals surface area contributed by atoms with Crippen LogP contribution in [-0.4, -0.2) is 5.97 Å². The van der Waals surface area contributed by atoms with Gasteiger partial charge in [0.25, 0.3) is 0 Å². The van der Waals surface area contributed by atoms with Crippen molar-refractivity contribution in [1.29, 1.82) is 0 Å². The summed E-state index contributed by atoms with van der Waals surface area (Å²) in [6.45, 7) is 4.26. The molecule has 1 unspecified atom stereocenters. The van der Waals surface area contributed by atoms with E-state index in [0.29, 0.717) is 11.7 Å². The summed E-state index contributed by atoms with van der Waals surface area (Å²) in [7, 11) is 0. The van der Waals surface area contributed by atoms with E-state index in [4.69, 9.17) is 4.74 Å². The summed E-state index contributed by atoms with van der Waals surface area (Å²) in [6, 6.07) is 27.5. The predicted molar refractivity (Wildman–Crippen MR) is 150 cm³/mol. The second-order valence-corrected chi connectivity index (χ2v) is 10.7. The van der Waals surface area contributed by atoms with Gasteiger partial charge in [-0.2, -0.15) is 0 Å². The third-order valence-corrected chi connectivity index (χ3v) is 7.95. The van der Waals surface area contributed by atoms with Crippen LogP contribution in [0.2, 0.25) is 0 Å². The lowest BCUT2D eigenvalue weighted by atomic mass is 9.77. The van der Waals surface area contributed by atoms with Gasteiger partial charge in [-0.15, -0.1) is 0 Å². The van der Waals surface area contributed by atoms with Gasteiger partial charge in [0.1, 0.15) is 5.75 Å². The van der Waals surface area contributed by atoms with Crippen molar-refractivity contribution in [2.75, 3.05) is 0 Å². The fourth-order valence-electron chi connectivity index (χ4n) is 5.53.